The molecule has 2 amide bonds. The number of nitrogens with zero attached hydrogens (tertiary/aromatic N) is 2. The molecule has 1 fully saturated rings. The summed E-state index contributed by atoms with van der Waals surface area (Å²) in [5.74, 6) is -0.671. The topological polar surface area (TPSA) is 138 Å². The molecule has 5 N–H and O–H groups in total. The predicted octanol–water partition coefficient (Wildman–Crippen LogP) is 3.74. The van der Waals surface area contributed by atoms with Crippen molar-refractivity contribution in [3.63, 3.8) is 0 Å². The molecule has 186 valence electrons. The predicted molar refractivity (Wildman–Crippen MR) is 138 cm³/mol. The Morgan fingerprint density at radius 2 is 1.72 bits per heavy atom. The van der Waals surface area contributed by atoms with Crippen LogP contribution in [0, 0.1) is 6.92 Å². The van der Waals surface area contributed by atoms with Gasteiger partial charge in [-0.1, -0.05) is 18.2 Å². The number of anilines is 3. The number of aliphatic carboxylic acids is 1. The number of benzene rings is 2. The van der Waals surface area contributed by atoms with E-state index in [-0.39, 0.29) is 18.4 Å². The molecule has 9 heteroatoms. The summed E-state index contributed by atoms with van der Waals surface area (Å²) in [6.45, 7) is 2.92. The number of aryl methyl sites for hydroxylation is 1. The van der Waals surface area contributed by atoms with Gasteiger partial charge in [-0.05, 0) is 73.2 Å². The van der Waals surface area contributed by atoms with Gasteiger partial charge in [0.05, 0.1) is 5.56 Å². The molecule has 36 heavy (non-hydrogen) atoms. The van der Waals surface area contributed by atoms with E-state index >= 15 is 0 Å². The van der Waals surface area contributed by atoms with Crippen LogP contribution in [0.2, 0.25) is 0 Å². The lowest BCUT2D eigenvalue weighted by molar-refractivity contribution is -0.134. The number of piperidine rings is 1. The third-order valence-electron chi connectivity index (χ3n) is 6.37. The van der Waals surface area contributed by atoms with E-state index in [2.05, 4.69) is 27.8 Å². The fourth-order valence-corrected chi connectivity index (χ4v) is 4.25. The van der Waals surface area contributed by atoms with Crippen molar-refractivity contribution in [2.24, 2.45) is 0 Å². The molecule has 9 nitrogen and oxygen atoms in total. The molecule has 3 aromatic rings. The highest BCUT2D eigenvalue weighted by Crippen LogP contribution is 2.29. The Hall–Kier alpha value is -4.40. The summed E-state index contributed by atoms with van der Waals surface area (Å²) in [4.78, 5) is 42.5. The maximum Gasteiger partial charge on any atom is 0.322 e. The van der Waals surface area contributed by atoms with Crippen LogP contribution >= 0.6 is 0 Å². The standard InChI is InChI=1S/C27H29N5O4/c1-17-2-3-20(27(36)32-12-10-19(11-13-32)18-4-7-22(28)8-5-18)14-23(17)31-26(35)21-6-9-24(29-15-21)30-16-25(33)34/h2-9,14-15,19H,10-13,16,28H2,1H3,(H,29,30)(H,31,35)(H,33,34). The molecule has 1 aromatic heterocycles. The highest BCUT2D eigenvalue weighted by atomic mass is 16.4. The first-order chi connectivity index (χ1) is 17.3. The first-order valence-corrected chi connectivity index (χ1v) is 11.8. The summed E-state index contributed by atoms with van der Waals surface area (Å²) in [5.41, 5.74) is 10.0. The Morgan fingerprint density at radius 1 is 1.03 bits per heavy atom. The number of nitrogens with two attached hydrogens (primary N) is 1. The first kappa shape index (κ1) is 24.7. The normalized spacial score (nSPS) is 13.8. The summed E-state index contributed by atoms with van der Waals surface area (Å²) < 4.78 is 0. The Labute approximate surface area is 209 Å². The van der Waals surface area contributed by atoms with Gasteiger partial charge in [-0.3, -0.25) is 14.4 Å². The summed E-state index contributed by atoms with van der Waals surface area (Å²) in [5, 5.41) is 14.2. The molecule has 0 aliphatic carbocycles. The van der Waals surface area contributed by atoms with Gasteiger partial charge < -0.3 is 26.4 Å². The van der Waals surface area contributed by atoms with Gasteiger partial charge >= 0.3 is 5.97 Å². The van der Waals surface area contributed by atoms with Gasteiger partial charge in [0.1, 0.15) is 12.4 Å². The summed E-state index contributed by atoms with van der Waals surface area (Å²) in [6, 6.07) is 16.3. The Balaban J connectivity index is 1.38. The number of carboxylic acids is 1. The summed E-state index contributed by atoms with van der Waals surface area (Å²) in [6.07, 6.45) is 3.14. The SMILES string of the molecule is Cc1ccc(C(=O)N2CCC(c3ccc(N)cc3)CC2)cc1NC(=O)c1ccc(NCC(=O)O)nc1. The van der Waals surface area contributed by atoms with Crippen LogP contribution in [0.1, 0.15) is 50.6 Å². The molecule has 0 bridgehead atoms. The van der Waals surface area contributed by atoms with Crippen molar-refractivity contribution in [2.45, 2.75) is 25.7 Å². The third-order valence-corrected chi connectivity index (χ3v) is 6.37. The number of hydrogen-bond acceptors (Lipinski definition) is 6. The van der Waals surface area contributed by atoms with E-state index in [1.807, 2.05) is 30.0 Å². The second-order valence-corrected chi connectivity index (χ2v) is 8.90. The molecule has 0 saturated carbocycles. The lowest BCUT2D eigenvalue weighted by Crippen LogP contribution is -2.38. The minimum atomic E-state index is -1.00. The van der Waals surface area contributed by atoms with Crippen molar-refractivity contribution in [1.82, 2.24) is 9.88 Å². The molecule has 1 saturated heterocycles. The van der Waals surface area contributed by atoms with Crippen molar-refractivity contribution in [1.29, 1.82) is 0 Å². The number of amides is 2. The highest BCUT2D eigenvalue weighted by molar-refractivity contribution is 6.05. The number of likely N-dealkylation sites (tertiary alicyclic amines) is 1. The lowest BCUT2D eigenvalue weighted by Gasteiger charge is -2.32. The number of hydrogen-bond donors (Lipinski definition) is 4. The van der Waals surface area contributed by atoms with Crippen LogP contribution in [0.4, 0.5) is 17.2 Å². The smallest absolute Gasteiger partial charge is 0.322 e. The quantitative estimate of drug-likeness (QED) is 0.373. The van der Waals surface area contributed by atoms with E-state index in [0.29, 0.717) is 41.6 Å². The average molecular weight is 488 g/mol. The fraction of sp³-hybridized carbons (Fsp3) is 0.259. The van der Waals surface area contributed by atoms with Crippen LogP contribution in [0.25, 0.3) is 0 Å². The van der Waals surface area contributed by atoms with Crippen molar-refractivity contribution >= 4 is 35.0 Å². The number of carbonyl (C=O) groups excluding carboxylic acids is 2. The molecule has 0 radical (unpaired) electrons. The van der Waals surface area contributed by atoms with Crippen LogP contribution in [0.3, 0.4) is 0 Å². The van der Waals surface area contributed by atoms with Gasteiger partial charge in [0.25, 0.3) is 11.8 Å². The van der Waals surface area contributed by atoms with E-state index in [4.69, 9.17) is 10.8 Å². The van der Waals surface area contributed by atoms with Crippen LogP contribution in [-0.4, -0.2) is 52.4 Å². The van der Waals surface area contributed by atoms with Crippen LogP contribution in [0.15, 0.2) is 60.8 Å². The Morgan fingerprint density at radius 3 is 2.36 bits per heavy atom. The van der Waals surface area contributed by atoms with Crippen LogP contribution in [0.5, 0.6) is 0 Å². The van der Waals surface area contributed by atoms with Gasteiger partial charge in [0.15, 0.2) is 0 Å². The molecule has 4 rings (SSSR count). The zero-order chi connectivity index (χ0) is 25.7. The van der Waals surface area contributed by atoms with Gasteiger partial charge in [-0.2, -0.15) is 0 Å². The molecule has 0 atom stereocenters. The number of carboxylic acid groups (broad SMARTS) is 1. The van der Waals surface area contributed by atoms with Crippen molar-refractivity contribution in [3.8, 4) is 0 Å². The van der Waals surface area contributed by atoms with E-state index in [0.717, 1.165) is 24.1 Å². The molecular formula is C27H29N5O4. The molecule has 2 heterocycles. The van der Waals surface area contributed by atoms with E-state index in [1.54, 1.807) is 24.3 Å². The fourth-order valence-electron chi connectivity index (χ4n) is 4.25. The minimum Gasteiger partial charge on any atom is -0.480 e. The van der Waals surface area contributed by atoms with E-state index < -0.39 is 5.97 Å². The number of pyridine rings is 1. The van der Waals surface area contributed by atoms with E-state index in [1.165, 1.54) is 11.8 Å². The van der Waals surface area contributed by atoms with Gasteiger partial charge in [-0.25, -0.2) is 4.98 Å². The third kappa shape index (κ3) is 5.99. The first-order valence-electron chi connectivity index (χ1n) is 11.8. The summed E-state index contributed by atoms with van der Waals surface area (Å²) in [7, 11) is 0. The number of nitrogens with one attached hydrogen (secondary N) is 2. The van der Waals surface area contributed by atoms with E-state index in [9.17, 15) is 14.4 Å². The Bertz CT molecular complexity index is 1250. The maximum absolute atomic E-state index is 13.2. The van der Waals surface area contributed by atoms with Crippen molar-refractivity contribution in [3.05, 3.63) is 83.0 Å². The summed E-state index contributed by atoms with van der Waals surface area (Å²) >= 11 is 0. The van der Waals surface area contributed by atoms with Crippen LogP contribution < -0.4 is 16.4 Å². The number of nitrogen functional groups attached to an aromatic ring is 1. The van der Waals surface area contributed by atoms with Crippen molar-refractivity contribution < 1.29 is 19.5 Å². The second kappa shape index (κ2) is 10.9. The molecular weight excluding hydrogens is 458 g/mol. The Kier molecular flexibility index (Phi) is 7.48. The number of rotatable bonds is 7. The van der Waals surface area contributed by atoms with Gasteiger partial charge in [0, 0.05) is 36.2 Å². The second-order valence-electron chi connectivity index (χ2n) is 8.90. The minimum absolute atomic E-state index is 0.0585. The largest absolute Gasteiger partial charge is 0.480 e. The molecule has 1 aliphatic rings. The molecule has 0 spiro atoms. The highest BCUT2D eigenvalue weighted by Gasteiger charge is 2.25. The number of aromatic nitrogens is 1. The van der Waals surface area contributed by atoms with Gasteiger partial charge in [0.2, 0.25) is 0 Å². The van der Waals surface area contributed by atoms with Gasteiger partial charge in [-0.15, -0.1) is 0 Å². The zero-order valence-electron chi connectivity index (χ0n) is 20.0. The number of carbonyl (C=O) groups is 3. The maximum atomic E-state index is 13.2. The molecule has 1 aliphatic heterocycles. The monoisotopic (exact) mass is 487 g/mol. The zero-order valence-corrected chi connectivity index (χ0v) is 20.0. The van der Waals surface area contributed by atoms with Crippen molar-refractivity contribution in [2.75, 3.05) is 36.0 Å². The average Bonchev–Trinajstić information content (AvgIpc) is 2.89. The molecule has 2 aromatic carbocycles. The molecule has 0 unspecified atom stereocenters. The lowest BCUT2D eigenvalue weighted by atomic mass is 9.89. The van der Waals surface area contributed by atoms with Crippen LogP contribution in [-0.2, 0) is 4.79 Å².